The van der Waals surface area contributed by atoms with E-state index in [9.17, 15) is 0 Å². The van der Waals surface area contributed by atoms with Crippen molar-refractivity contribution in [3.8, 4) is 22.3 Å². The van der Waals surface area contributed by atoms with Crippen molar-refractivity contribution in [1.29, 1.82) is 0 Å². The van der Waals surface area contributed by atoms with Gasteiger partial charge in [0.15, 0.2) is 5.58 Å². The molecule has 230 valence electrons. The first-order valence-corrected chi connectivity index (χ1v) is 16.6. The molecule has 0 atom stereocenters. The largest absolute Gasteiger partial charge is 0.456 e. The van der Waals surface area contributed by atoms with Gasteiger partial charge in [-0.05, 0) is 82.2 Å². The maximum Gasteiger partial charge on any atom is 0.159 e. The van der Waals surface area contributed by atoms with Gasteiger partial charge in [-0.2, -0.15) is 0 Å². The molecule has 0 spiro atoms. The number of para-hydroxylation sites is 2. The van der Waals surface area contributed by atoms with Crippen LogP contribution in [0.25, 0.3) is 76.9 Å². The number of hydrogen-bond donors (Lipinski definition) is 0. The van der Waals surface area contributed by atoms with Gasteiger partial charge < -0.3 is 13.7 Å². The van der Waals surface area contributed by atoms with Gasteiger partial charge in [-0.25, -0.2) is 0 Å². The van der Waals surface area contributed by atoms with E-state index in [1.165, 1.54) is 10.9 Å². The summed E-state index contributed by atoms with van der Waals surface area (Å²) < 4.78 is 13.1. The minimum Gasteiger partial charge on any atom is -0.456 e. The number of furan rings is 2. The normalized spacial score (nSPS) is 11.7. The molecule has 0 saturated carbocycles. The molecule has 0 N–H and O–H groups in total. The molecule has 0 bridgehead atoms. The van der Waals surface area contributed by atoms with Gasteiger partial charge in [0.2, 0.25) is 0 Å². The summed E-state index contributed by atoms with van der Waals surface area (Å²) >= 11 is 0. The monoisotopic (exact) mass is 627 g/mol. The van der Waals surface area contributed by atoms with Crippen LogP contribution < -0.4 is 4.90 Å². The lowest BCUT2D eigenvalue weighted by molar-refractivity contribution is 0.669. The van der Waals surface area contributed by atoms with E-state index in [1.807, 2.05) is 12.1 Å². The number of hydrogen-bond acceptors (Lipinski definition) is 3. The van der Waals surface area contributed by atoms with Crippen LogP contribution in [0.3, 0.4) is 0 Å². The van der Waals surface area contributed by atoms with Crippen molar-refractivity contribution < 1.29 is 8.83 Å². The number of rotatable bonds is 5. The molecule has 0 amide bonds. The van der Waals surface area contributed by atoms with E-state index in [-0.39, 0.29) is 0 Å². The lowest BCUT2D eigenvalue weighted by Crippen LogP contribution is -2.10. The van der Waals surface area contributed by atoms with E-state index in [0.717, 1.165) is 83.0 Å². The first-order valence-electron chi connectivity index (χ1n) is 16.6. The van der Waals surface area contributed by atoms with Crippen molar-refractivity contribution in [1.82, 2.24) is 0 Å². The van der Waals surface area contributed by atoms with Gasteiger partial charge in [-0.3, -0.25) is 0 Å². The molecule has 2 heterocycles. The van der Waals surface area contributed by atoms with Gasteiger partial charge in [0.1, 0.15) is 16.7 Å². The summed E-state index contributed by atoms with van der Waals surface area (Å²) in [7, 11) is 0. The highest BCUT2D eigenvalue weighted by Crippen LogP contribution is 2.44. The summed E-state index contributed by atoms with van der Waals surface area (Å²) in [5.74, 6) is 0. The zero-order valence-corrected chi connectivity index (χ0v) is 26.5. The van der Waals surface area contributed by atoms with Crippen molar-refractivity contribution in [3.05, 3.63) is 176 Å². The molecule has 0 aliphatic rings. The van der Waals surface area contributed by atoms with Crippen LogP contribution in [0.1, 0.15) is 0 Å². The second kappa shape index (κ2) is 11.0. The minimum absolute atomic E-state index is 0.860. The summed E-state index contributed by atoms with van der Waals surface area (Å²) in [6.07, 6.45) is 0. The van der Waals surface area contributed by atoms with Gasteiger partial charge in [-0.1, -0.05) is 121 Å². The molecule has 8 aromatic carbocycles. The Balaban J connectivity index is 1.14. The Bertz CT molecular complexity index is 2830. The molecule has 10 rings (SSSR count). The van der Waals surface area contributed by atoms with Crippen LogP contribution in [0.15, 0.2) is 185 Å². The third kappa shape index (κ3) is 4.51. The number of fused-ring (bicyclic) bond motifs is 8. The molecule has 0 radical (unpaired) electrons. The predicted octanol–water partition coefficient (Wildman–Crippen LogP) is 13.4. The predicted molar refractivity (Wildman–Crippen MR) is 204 cm³/mol. The summed E-state index contributed by atoms with van der Waals surface area (Å²) in [6, 6.07) is 62.0. The number of nitrogens with zero attached hydrogens (tertiary/aromatic N) is 1. The Kier molecular flexibility index (Phi) is 6.18. The van der Waals surface area contributed by atoms with Crippen molar-refractivity contribution in [2.45, 2.75) is 0 Å². The lowest BCUT2D eigenvalue weighted by Gasteiger charge is -2.26. The molecule has 49 heavy (non-hydrogen) atoms. The van der Waals surface area contributed by atoms with E-state index in [4.69, 9.17) is 8.83 Å². The van der Waals surface area contributed by atoms with E-state index in [0.29, 0.717) is 0 Å². The lowest BCUT2D eigenvalue weighted by atomic mass is 10.0. The van der Waals surface area contributed by atoms with Crippen molar-refractivity contribution in [3.63, 3.8) is 0 Å². The van der Waals surface area contributed by atoms with Crippen molar-refractivity contribution >= 4 is 71.7 Å². The number of benzene rings is 8. The Hall–Kier alpha value is -6.58. The van der Waals surface area contributed by atoms with E-state index in [1.54, 1.807) is 0 Å². The molecule has 2 aromatic heterocycles. The molecule has 3 nitrogen and oxygen atoms in total. The first-order chi connectivity index (χ1) is 24.3. The van der Waals surface area contributed by atoms with Crippen molar-refractivity contribution in [2.24, 2.45) is 0 Å². The maximum absolute atomic E-state index is 6.84. The van der Waals surface area contributed by atoms with Crippen LogP contribution in [0, 0.1) is 0 Å². The minimum atomic E-state index is 0.860. The first kappa shape index (κ1) is 27.5. The molecule has 0 aliphatic carbocycles. The molecule has 0 fully saturated rings. The summed E-state index contributed by atoms with van der Waals surface area (Å²) in [5.41, 5.74) is 11.2. The summed E-state index contributed by atoms with van der Waals surface area (Å²) in [6.45, 7) is 0. The van der Waals surface area contributed by atoms with E-state index in [2.05, 4.69) is 169 Å². The fourth-order valence-corrected chi connectivity index (χ4v) is 7.28. The molecule has 3 heteroatoms. The highest BCUT2D eigenvalue weighted by molar-refractivity contribution is 6.17. The van der Waals surface area contributed by atoms with Gasteiger partial charge in [0.05, 0.1) is 5.69 Å². The molecule has 0 unspecified atom stereocenters. The van der Waals surface area contributed by atoms with E-state index >= 15 is 0 Å². The SMILES string of the molecule is c1ccc(-c2cccc(N(c3ccc(-c4ccc5c(c4)oc4ccccc45)cc3)c3cccc4c3oc3c5ccccc5ccc43)c2)cc1. The molecular weight excluding hydrogens is 599 g/mol. The topological polar surface area (TPSA) is 29.5 Å². The zero-order valence-electron chi connectivity index (χ0n) is 26.5. The van der Waals surface area contributed by atoms with Crippen LogP contribution in [-0.2, 0) is 0 Å². The van der Waals surface area contributed by atoms with Crippen LogP contribution in [0.5, 0.6) is 0 Å². The van der Waals surface area contributed by atoms with Gasteiger partial charge in [-0.15, -0.1) is 0 Å². The average molecular weight is 628 g/mol. The van der Waals surface area contributed by atoms with Gasteiger partial charge >= 0.3 is 0 Å². The van der Waals surface area contributed by atoms with E-state index < -0.39 is 0 Å². The van der Waals surface area contributed by atoms with Crippen LogP contribution >= 0.6 is 0 Å². The van der Waals surface area contributed by atoms with Crippen LogP contribution in [-0.4, -0.2) is 0 Å². The fraction of sp³-hybridized carbons (Fsp3) is 0. The zero-order chi connectivity index (χ0) is 32.3. The Morgan fingerprint density at radius 3 is 1.86 bits per heavy atom. The number of anilines is 3. The second-order valence-corrected chi connectivity index (χ2v) is 12.5. The quantitative estimate of drug-likeness (QED) is 0.190. The Labute approximate surface area is 282 Å². The summed E-state index contributed by atoms with van der Waals surface area (Å²) in [5, 5.41) is 6.76. The summed E-state index contributed by atoms with van der Waals surface area (Å²) in [4.78, 5) is 2.31. The third-order valence-electron chi connectivity index (χ3n) is 9.66. The third-order valence-corrected chi connectivity index (χ3v) is 9.66. The fourth-order valence-electron chi connectivity index (χ4n) is 7.28. The Morgan fingerprint density at radius 1 is 0.327 bits per heavy atom. The Morgan fingerprint density at radius 2 is 0.959 bits per heavy atom. The van der Waals surface area contributed by atoms with Gasteiger partial charge in [0, 0.05) is 38.3 Å². The highest BCUT2D eigenvalue weighted by Gasteiger charge is 2.21. The highest BCUT2D eigenvalue weighted by atomic mass is 16.3. The molecule has 0 saturated heterocycles. The average Bonchev–Trinajstić information content (AvgIpc) is 3.75. The van der Waals surface area contributed by atoms with Crippen LogP contribution in [0.2, 0.25) is 0 Å². The smallest absolute Gasteiger partial charge is 0.159 e. The standard InChI is InChI=1S/C46H29NO2/c1-2-10-30(11-3-1)33-13-8-14-36(28-33)47(42-18-9-17-40-41-27-22-32-12-4-5-15-37(32)45(41)49-46(40)42)35-24-20-31(21-25-35)34-23-26-39-38-16-6-7-19-43(38)48-44(39)29-34/h1-29H. The maximum atomic E-state index is 6.84. The molecule has 10 aromatic rings. The van der Waals surface area contributed by atoms with Crippen molar-refractivity contribution in [2.75, 3.05) is 4.90 Å². The van der Waals surface area contributed by atoms with Crippen LogP contribution in [0.4, 0.5) is 17.1 Å². The second-order valence-electron chi connectivity index (χ2n) is 12.5. The molecular formula is C46H29NO2. The van der Waals surface area contributed by atoms with Gasteiger partial charge in [0.25, 0.3) is 0 Å². The molecule has 0 aliphatic heterocycles.